The summed E-state index contributed by atoms with van der Waals surface area (Å²) in [5.74, 6) is -0.498. The highest BCUT2D eigenvalue weighted by atomic mass is 79.9. The van der Waals surface area contributed by atoms with Gasteiger partial charge in [-0.25, -0.2) is 4.79 Å². The largest absolute Gasteiger partial charge is 0.421 e. The molecule has 0 aromatic heterocycles. The Morgan fingerprint density at radius 1 is 1.37 bits per heavy atom. The van der Waals surface area contributed by atoms with Crippen molar-refractivity contribution in [3.05, 3.63) is 20.8 Å². The standard InChI is InChI=1S/C13H15Br3O3/c1-2-3-4-5-6-8(12(16)17)10-11(15)9(7-14)19-13(10)18/h7-8H,2-6H2,1H3. The van der Waals surface area contributed by atoms with Crippen molar-refractivity contribution in [2.45, 2.75) is 39.0 Å². The first-order valence-electron chi connectivity index (χ1n) is 6.14. The molecule has 0 fully saturated rings. The van der Waals surface area contributed by atoms with Crippen LogP contribution >= 0.6 is 47.8 Å². The average Bonchev–Trinajstić information content (AvgIpc) is 2.65. The Hall–Kier alpha value is 0.0600. The van der Waals surface area contributed by atoms with Crippen molar-refractivity contribution in [2.75, 3.05) is 0 Å². The molecule has 0 radical (unpaired) electrons. The SMILES string of the molecule is CCCCCCC(C(=O)Br)C1=C(Br)C(=CBr)OC1=O. The van der Waals surface area contributed by atoms with Crippen molar-refractivity contribution in [1.29, 1.82) is 0 Å². The number of unbranched alkanes of at least 4 members (excludes halogenated alkanes) is 3. The zero-order chi connectivity index (χ0) is 14.4. The second-order valence-electron chi connectivity index (χ2n) is 4.30. The number of rotatable bonds is 7. The van der Waals surface area contributed by atoms with Crippen LogP contribution in [-0.4, -0.2) is 10.7 Å². The smallest absolute Gasteiger partial charge is 0.341 e. The molecule has 1 unspecified atom stereocenters. The monoisotopic (exact) mass is 456 g/mol. The lowest BCUT2D eigenvalue weighted by atomic mass is 9.94. The molecule has 0 aliphatic carbocycles. The van der Waals surface area contributed by atoms with E-state index in [1.165, 1.54) is 4.99 Å². The third kappa shape index (κ3) is 4.53. The van der Waals surface area contributed by atoms with Gasteiger partial charge in [0.15, 0.2) is 5.76 Å². The Morgan fingerprint density at radius 3 is 2.53 bits per heavy atom. The predicted octanol–water partition coefficient (Wildman–Crippen LogP) is 4.94. The number of halogens is 3. The molecule has 0 spiro atoms. The average molecular weight is 459 g/mol. The van der Waals surface area contributed by atoms with Crippen LogP contribution in [0.25, 0.3) is 0 Å². The van der Waals surface area contributed by atoms with Gasteiger partial charge in [0.1, 0.15) is 0 Å². The maximum Gasteiger partial charge on any atom is 0.341 e. The summed E-state index contributed by atoms with van der Waals surface area (Å²) >= 11 is 9.44. The molecule has 1 aliphatic rings. The van der Waals surface area contributed by atoms with Gasteiger partial charge in [0.05, 0.1) is 16.0 Å². The maximum absolute atomic E-state index is 11.8. The van der Waals surface area contributed by atoms with Crippen LogP contribution in [0.4, 0.5) is 0 Å². The molecule has 6 heteroatoms. The summed E-state index contributed by atoms with van der Waals surface area (Å²) in [5.41, 5.74) is 0.407. The highest BCUT2D eigenvalue weighted by Gasteiger charge is 2.36. The van der Waals surface area contributed by atoms with Crippen molar-refractivity contribution in [2.24, 2.45) is 5.92 Å². The fourth-order valence-corrected chi connectivity index (χ4v) is 3.65. The number of ether oxygens (including phenoxy) is 1. The van der Waals surface area contributed by atoms with Gasteiger partial charge in [-0.2, -0.15) is 0 Å². The van der Waals surface area contributed by atoms with E-state index >= 15 is 0 Å². The number of hydrogen-bond donors (Lipinski definition) is 0. The summed E-state index contributed by atoms with van der Waals surface area (Å²) in [7, 11) is 0. The fraction of sp³-hybridized carbons (Fsp3) is 0.538. The predicted molar refractivity (Wildman–Crippen MR) is 85.2 cm³/mol. The number of carbonyl (C=O) groups is 2. The molecule has 0 amide bonds. The molecule has 19 heavy (non-hydrogen) atoms. The molecule has 0 bridgehead atoms. The highest BCUT2D eigenvalue weighted by molar-refractivity contribution is 9.18. The van der Waals surface area contributed by atoms with Gasteiger partial charge >= 0.3 is 5.97 Å². The summed E-state index contributed by atoms with van der Waals surface area (Å²) in [6.45, 7) is 2.13. The van der Waals surface area contributed by atoms with Crippen LogP contribution < -0.4 is 0 Å². The van der Waals surface area contributed by atoms with E-state index in [1.807, 2.05) is 0 Å². The van der Waals surface area contributed by atoms with Crippen LogP contribution in [0.1, 0.15) is 39.0 Å². The zero-order valence-electron chi connectivity index (χ0n) is 10.5. The molecule has 0 saturated heterocycles. The van der Waals surface area contributed by atoms with Gasteiger partial charge in [-0.05, 0) is 38.3 Å². The van der Waals surface area contributed by atoms with E-state index in [4.69, 9.17) is 4.74 Å². The number of carbonyl (C=O) groups excluding carboxylic acids is 2. The molecule has 106 valence electrons. The Morgan fingerprint density at radius 2 is 2.05 bits per heavy atom. The van der Waals surface area contributed by atoms with E-state index < -0.39 is 11.9 Å². The summed E-state index contributed by atoms with van der Waals surface area (Å²) in [5, 5.41) is 0. The van der Waals surface area contributed by atoms with Crippen LogP contribution in [-0.2, 0) is 14.3 Å². The first-order chi connectivity index (χ1) is 9.02. The van der Waals surface area contributed by atoms with E-state index in [-0.39, 0.29) is 4.69 Å². The minimum atomic E-state index is -0.455. The third-order valence-corrected chi connectivity index (χ3v) is 4.73. The molecular formula is C13H15Br3O3. The summed E-state index contributed by atoms with van der Waals surface area (Å²) in [6.07, 6.45) is 4.91. The Balaban J connectivity index is 2.84. The summed E-state index contributed by atoms with van der Waals surface area (Å²) in [4.78, 5) is 25.1. The van der Waals surface area contributed by atoms with E-state index in [9.17, 15) is 9.59 Å². The van der Waals surface area contributed by atoms with Gasteiger partial charge in [0.2, 0.25) is 4.69 Å². The van der Waals surface area contributed by atoms with Crippen LogP contribution in [0, 0.1) is 5.92 Å². The molecule has 1 heterocycles. The van der Waals surface area contributed by atoms with Crippen molar-refractivity contribution in [1.82, 2.24) is 0 Å². The van der Waals surface area contributed by atoms with Crippen molar-refractivity contribution in [3.63, 3.8) is 0 Å². The molecule has 0 aromatic rings. The normalized spacial score (nSPS) is 18.9. The highest BCUT2D eigenvalue weighted by Crippen LogP contribution is 2.38. The van der Waals surface area contributed by atoms with Gasteiger partial charge in [0.25, 0.3) is 0 Å². The summed E-state index contributed by atoms with van der Waals surface area (Å²) < 4.78 is 5.46. The number of allylic oxidation sites excluding steroid dienone is 1. The lowest BCUT2D eigenvalue weighted by Gasteiger charge is -2.12. The number of hydrogen-bond acceptors (Lipinski definition) is 3. The second-order valence-corrected chi connectivity index (χ2v) is 6.33. The number of cyclic esters (lactones) is 1. The van der Waals surface area contributed by atoms with Crippen molar-refractivity contribution >= 4 is 58.5 Å². The van der Waals surface area contributed by atoms with E-state index in [0.29, 0.717) is 22.2 Å². The van der Waals surface area contributed by atoms with Crippen LogP contribution in [0.2, 0.25) is 0 Å². The van der Waals surface area contributed by atoms with Crippen molar-refractivity contribution in [3.8, 4) is 0 Å². The first kappa shape index (κ1) is 17.1. The summed E-state index contributed by atoms with van der Waals surface area (Å²) in [6, 6.07) is 0. The van der Waals surface area contributed by atoms with E-state index in [1.54, 1.807) is 0 Å². The zero-order valence-corrected chi connectivity index (χ0v) is 15.3. The maximum atomic E-state index is 11.8. The van der Waals surface area contributed by atoms with Gasteiger partial charge < -0.3 is 4.74 Å². The molecule has 1 atom stereocenters. The molecule has 0 aromatic carbocycles. The third-order valence-electron chi connectivity index (χ3n) is 2.94. The van der Waals surface area contributed by atoms with Crippen molar-refractivity contribution < 1.29 is 14.3 Å². The fourth-order valence-electron chi connectivity index (χ4n) is 1.93. The van der Waals surface area contributed by atoms with E-state index in [0.717, 1.165) is 25.7 Å². The Labute approximate surface area is 138 Å². The topological polar surface area (TPSA) is 43.4 Å². The molecule has 1 rings (SSSR count). The minimum Gasteiger partial charge on any atom is -0.421 e. The molecular weight excluding hydrogens is 444 g/mol. The number of esters is 1. The molecule has 1 aliphatic heterocycles. The first-order valence-corrected chi connectivity index (χ1v) is 8.65. The quantitative estimate of drug-likeness (QED) is 0.308. The van der Waals surface area contributed by atoms with E-state index in [2.05, 4.69) is 54.7 Å². The lowest BCUT2D eigenvalue weighted by Crippen LogP contribution is -2.17. The van der Waals surface area contributed by atoms with Crippen LogP contribution in [0.3, 0.4) is 0 Å². The lowest BCUT2D eigenvalue weighted by molar-refractivity contribution is -0.134. The Kier molecular flexibility index (Phi) is 7.54. The van der Waals surface area contributed by atoms with Gasteiger partial charge in [-0.15, -0.1) is 0 Å². The van der Waals surface area contributed by atoms with Gasteiger partial charge in [-0.1, -0.05) is 48.5 Å². The van der Waals surface area contributed by atoms with Gasteiger partial charge in [0, 0.05) is 4.99 Å². The molecule has 3 nitrogen and oxygen atoms in total. The second kappa shape index (κ2) is 8.37. The molecule has 0 N–H and O–H groups in total. The van der Waals surface area contributed by atoms with Crippen LogP contribution in [0.5, 0.6) is 0 Å². The molecule has 0 saturated carbocycles. The van der Waals surface area contributed by atoms with Gasteiger partial charge in [-0.3, -0.25) is 4.79 Å². The van der Waals surface area contributed by atoms with Crippen LogP contribution in [0.15, 0.2) is 20.8 Å². The minimum absolute atomic E-state index is 0.177. The Bertz CT molecular complexity index is 427.